The molecule has 3 aliphatic rings. The van der Waals surface area contributed by atoms with E-state index in [0.29, 0.717) is 18.1 Å². The number of aromatic nitrogens is 2. The molecule has 2 saturated heterocycles. The van der Waals surface area contributed by atoms with Crippen LogP contribution in [0.25, 0.3) is 0 Å². The molecule has 3 aliphatic heterocycles. The lowest BCUT2D eigenvalue weighted by molar-refractivity contribution is -0.143. The maximum atomic E-state index is 14.6. The van der Waals surface area contributed by atoms with Gasteiger partial charge in [-0.15, -0.1) is 5.10 Å². The van der Waals surface area contributed by atoms with Crippen LogP contribution in [0.4, 0.5) is 17.6 Å². The van der Waals surface area contributed by atoms with Gasteiger partial charge in [0.05, 0.1) is 5.56 Å². The number of carbonyl (C=O) groups excluding carboxylic acids is 1. The molecular formula is C20H18F4N6O. The van der Waals surface area contributed by atoms with Crippen molar-refractivity contribution in [2.75, 3.05) is 6.54 Å². The lowest BCUT2D eigenvalue weighted by Crippen LogP contribution is -2.67. The number of hydrazone groups is 1. The molecular weight excluding hydrogens is 416 g/mol. The van der Waals surface area contributed by atoms with E-state index < -0.39 is 35.3 Å². The Kier molecular flexibility index (Phi) is 4.65. The van der Waals surface area contributed by atoms with Crippen LogP contribution < -0.4 is 5.32 Å². The average molecular weight is 434 g/mol. The molecule has 5 rings (SSSR count). The minimum Gasteiger partial charge on any atom is -0.328 e. The maximum absolute atomic E-state index is 14.6. The van der Waals surface area contributed by atoms with E-state index in [9.17, 15) is 22.4 Å². The molecule has 1 N–H and O–H groups in total. The van der Waals surface area contributed by atoms with Crippen molar-refractivity contribution >= 4 is 11.7 Å². The van der Waals surface area contributed by atoms with Crippen LogP contribution >= 0.6 is 0 Å². The van der Waals surface area contributed by atoms with Crippen LogP contribution in [0, 0.1) is 5.82 Å². The molecule has 0 aromatic carbocycles. The highest BCUT2D eigenvalue weighted by atomic mass is 19.4. The molecule has 31 heavy (non-hydrogen) atoms. The second-order valence-electron chi connectivity index (χ2n) is 7.77. The molecule has 1 amide bonds. The number of piperidine rings is 1. The quantitative estimate of drug-likeness (QED) is 0.736. The van der Waals surface area contributed by atoms with E-state index in [-0.39, 0.29) is 12.1 Å². The first-order valence-electron chi connectivity index (χ1n) is 9.92. The van der Waals surface area contributed by atoms with Gasteiger partial charge in [-0.1, -0.05) is 12.5 Å². The van der Waals surface area contributed by atoms with Gasteiger partial charge in [0.25, 0.3) is 5.91 Å². The Balaban J connectivity index is 1.57. The number of rotatable bonds is 2. The number of pyridine rings is 2. The summed E-state index contributed by atoms with van der Waals surface area (Å²) in [7, 11) is 0. The molecule has 0 spiro atoms. The fourth-order valence-electron chi connectivity index (χ4n) is 4.52. The van der Waals surface area contributed by atoms with Gasteiger partial charge in [-0.2, -0.15) is 13.2 Å². The Labute approximate surface area is 174 Å². The van der Waals surface area contributed by atoms with Crippen molar-refractivity contribution in [2.24, 2.45) is 5.10 Å². The van der Waals surface area contributed by atoms with Gasteiger partial charge in [-0.25, -0.2) is 14.4 Å². The fraction of sp³-hybridized carbons (Fsp3) is 0.400. The first-order chi connectivity index (χ1) is 14.8. The Morgan fingerprint density at radius 3 is 2.71 bits per heavy atom. The summed E-state index contributed by atoms with van der Waals surface area (Å²) < 4.78 is 54.0. The van der Waals surface area contributed by atoms with E-state index >= 15 is 0 Å². The zero-order valence-electron chi connectivity index (χ0n) is 16.2. The molecule has 3 unspecified atom stereocenters. The van der Waals surface area contributed by atoms with Crippen LogP contribution in [0.5, 0.6) is 0 Å². The number of carbonyl (C=O) groups is 1. The van der Waals surface area contributed by atoms with Crippen molar-refractivity contribution in [3.05, 3.63) is 59.4 Å². The highest BCUT2D eigenvalue weighted by molar-refractivity contribution is 6.02. The van der Waals surface area contributed by atoms with Crippen molar-refractivity contribution in [2.45, 2.75) is 43.7 Å². The van der Waals surface area contributed by atoms with Crippen LogP contribution in [0.3, 0.4) is 0 Å². The van der Waals surface area contributed by atoms with E-state index in [1.54, 1.807) is 24.4 Å². The highest BCUT2D eigenvalue weighted by Gasteiger charge is 2.49. The van der Waals surface area contributed by atoms with E-state index in [1.807, 2.05) is 4.90 Å². The smallest absolute Gasteiger partial charge is 0.328 e. The van der Waals surface area contributed by atoms with Gasteiger partial charge in [0.2, 0.25) is 0 Å². The number of hydrogen-bond donors (Lipinski definition) is 1. The monoisotopic (exact) mass is 434 g/mol. The summed E-state index contributed by atoms with van der Waals surface area (Å²) in [6.07, 6.45) is -0.526. The summed E-state index contributed by atoms with van der Waals surface area (Å²) in [5.74, 6) is -2.20. The number of piperazine rings is 1. The minimum absolute atomic E-state index is 0.145. The lowest BCUT2D eigenvalue weighted by atomic mass is 9.91. The van der Waals surface area contributed by atoms with Crippen LogP contribution in [0.2, 0.25) is 0 Å². The minimum atomic E-state index is -5.01. The van der Waals surface area contributed by atoms with Gasteiger partial charge in [0.1, 0.15) is 11.9 Å². The summed E-state index contributed by atoms with van der Waals surface area (Å²) >= 11 is 0. The van der Waals surface area contributed by atoms with Gasteiger partial charge < -0.3 is 10.2 Å². The molecule has 2 aromatic rings. The van der Waals surface area contributed by atoms with Crippen LogP contribution in [-0.2, 0) is 6.18 Å². The summed E-state index contributed by atoms with van der Waals surface area (Å²) in [5.41, 5.74) is -1.90. The molecule has 0 saturated carbocycles. The molecule has 162 valence electrons. The van der Waals surface area contributed by atoms with Gasteiger partial charge >= 0.3 is 6.18 Å². The van der Waals surface area contributed by atoms with Crippen molar-refractivity contribution < 1.29 is 22.4 Å². The molecule has 2 aromatic heterocycles. The normalized spacial score (nSPS) is 25.3. The number of amides is 1. The second kappa shape index (κ2) is 7.26. The summed E-state index contributed by atoms with van der Waals surface area (Å²) in [4.78, 5) is 22.6. The number of halogens is 4. The Hall–Kier alpha value is -3.08. The molecule has 11 heteroatoms. The Bertz CT molecular complexity index is 1040. The van der Waals surface area contributed by atoms with E-state index in [2.05, 4.69) is 20.4 Å². The van der Waals surface area contributed by atoms with E-state index in [0.717, 1.165) is 36.5 Å². The van der Waals surface area contributed by atoms with E-state index in [4.69, 9.17) is 0 Å². The molecule has 2 bridgehead atoms. The van der Waals surface area contributed by atoms with Gasteiger partial charge in [0.15, 0.2) is 17.3 Å². The first kappa shape index (κ1) is 19.9. The van der Waals surface area contributed by atoms with Crippen LogP contribution in [-0.4, -0.2) is 56.4 Å². The predicted octanol–water partition coefficient (Wildman–Crippen LogP) is 2.60. The summed E-state index contributed by atoms with van der Waals surface area (Å²) in [6.45, 7) is 0.562. The first-order valence-corrected chi connectivity index (χ1v) is 9.92. The summed E-state index contributed by atoms with van der Waals surface area (Å²) in [6, 6.07) is 6.28. The van der Waals surface area contributed by atoms with Crippen LogP contribution in [0.1, 0.15) is 41.0 Å². The number of nitrogens with one attached hydrogen (secondary N) is 1. The summed E-state index contributed by atoms with van der Waals surface area (Å²) in [5, 5.41) is 8.98. The molecule has 0 aliphatic carbocycles. The standard InChI is InChI=1S/C20H18F4N6O/c21-15-12(7-9-26-16(15)20(22,23)24)19(31)30-18-14-6-3-4-11(27-14)10-29(18)17(28-30)13-5-1-2-8-25-13/h1-2,5,7-9,11,14,18,27H,3-4,6,10H2. The van der Waals surface area contributed by atoms with Crippen molar-refractivity contribution in [1.82, 2.24) is 25.2 Å². The number of nitrogens with zero attached hydrogens (tertiary/aromatic N) is 5. The van der Waals surface area contributed by atoms with Crippen LogP contribution in [0.15, 0.2) is 41.8 Å². The molecule has 5 heterocycles. The highest BCUT2D eigenvalue weighted by Crippen LogP contribution is 2.35. The maximum Gasteiger partial charge on any atom is 0.436 e. The predicted molar refractivity (Wildman–Crippen MR) is 101 cm³/mol. The largest absolute Gasteiger partial charge is 0.436 e. The number of amidine groups is 1. The number of fused-ring (bicyclic) bond motifs is 4. The SMILES string of the molecule is O=C(c1ccnc(C(F)(F)F)c1F)N1N=C(c2ccccn2)N2CC3CCCC(N3)C21. The number of hydrogen-bond acceptors (Lipinski definition) is 6. The molecule has 3 atom stereocenters. The lowest BCUT2D eigenvalue weighted by Gasteiger charge is -2.47. The number of alkyl halides is 3. The third-order valence-electron chi connectivity index (χ3n) is 5.83. The molecule has 7 nitrogen and oxygen atoms in total. The Morgan fingerprint density at radius 1 is 1.13 bits per heavy atom. The molecule has 0 radical (unpaired) electrons. The zero-order valence-corrected chi connectivity index (χ0v) is 16.2. The Morgan fingerprint density at radius 2 is 1.97 bits per heavy atom. The topological polar surface area (TPSA) is 73.7 Å². The van der Waals surface area contributed by atoms with Gasteiger partial charge in [0, 0.05) is 31.0 Å². The average Bonchev–Trinajstić information content (AvgIpc) is 3.13. The van der Waals surface area contributed by atoms with Gasteiger partial charge in [-0.3, -0.25) is 9.78 Å². The third kappa shape index (κ3) is 3.32. The second-order valence-corrected chi connectivity index (χ2v) is 7.77. The van der Waals surface area contributed by atoms with Crippen molar-refractivity contribution in [1.29, 1.82) is 0 Å². The fourth-order valence-corrected chi connectivity index (χ4v) is 4.52. The zero-order chi connectivity index (χ0) is 21.8. The molecule has 2 fully saturated rings. The van der Waals surface area contributed by atoms with Crippen molar-refractivity contribution in [3.63, 3.8) is 0 Å². The van der Waals surface area contributed by atoms with E-state index in [1.165, 1.54) is 0 Å². The third-order valence-corrected chi connectivity index (χ3v) is 5.83. The van der Waals surface area contributed by atoms with Gasteiger partial charge in [-0.05, 0) is 31.0 Å². The van der Waals surface area contributed by atoms with Crippen molar-refractivity contribution in [3.8, 4) is 0 Å².